The molecular formula is C15H12N2O2S2. The molecule has 0 saturated carbocycles. The number of rotatable bonds is 4. The highest BCUT2D eigenvalue weighted by Gasteiger charge is 2.12. The van der Waals surface area contributed by atoms with Crippen molar-refractivity contribution < 1.29 is 8.42 Å². The van der Waals surface area contributed by atoms with Gasteiger partial charge in [-0.2, -0.15) is 13.5 Å². The molecule has 4 nitrogen and oxygen atoms in total. The van der Waals surface area contributed by atoms with Gasteiger partial charge < -0.3 is 0 Å². The van der Waals surface area contributed by atoms with Gasteiger partial charge in [-0.1, -0.05) is 36.4 Å². The Labute approximate surface area is 126 Å². The van der Waals surface area contributed by atoms with Crippen LogP contribution in [-0.2, 0) is 10.0 Å². The van der Waals surface area contributed by atoms with Gasteiger partial charge in [-0.3, -0.25) is 0 Å². The van der Waals surface area contributed by atoms with Crippen LogP contribution in [0.15, 0.2) is 70.0 Å². The summed E-state index contributed by atoms with van der Waals surface area (Å²) in [6, 6.07) is 16.3. The van der Waals surface area contributed by atoms with Crippen LogP contribution in [-0.4, -0.2) is 14.6 Å². The van der Waals surface area contributed by atoms with E-state index >= 15 is 0 Å². The number of nitrogens with zero attached hydrogens (tertiary/aromatic N) is 1. The van der Waals surface area contributed by atoms with E-state index in [0.717, 1.165) is 15.6 Å². The highest BCUT2D eigenvalue weighted by atomic mass is 32.2. The summed E-state index contributed by atoms with van der Waals surface area (Å²) >= 11 is 1.49. The van der Waals surface area contributed by atoms with Gasteiger partial charge in [0.05, 0.1) is 11.1 Å². The fraction of sp³-hybridized carbons (Fsp3) is 0. The van der Waals surface area contributed by atoms with Gasteiger partial charge in [-0.05, 0) is 34.4 Å². The third-order valence-corrected chi connectivity index (χ3v) is 4.97. The van der Waals surface area contributed by atoms with Gasteiger partial charge >= 0.3 is 0 Å². The lowest BCUT2D eigenvalue weighted by molar-refractivity contribution is 0.585. The van der Waals surface area contributed by atoms with E-state index in [1.807, 2.05) is 41.8 Å². The number of nitrogens with one attached hydrogen (secondary N) is 1. The topological polar surface area (TPSA) is 58.5 Å². The second kappa shape index (κ2) is 5.67. The van der Waals surface area contributed by atoms with E-state index < -0.39 is 10.0 Å². The van der Waals surface area contributed by atoms with Gasteiger partial charge in [-0.25, -0.2) is 4.83 Å². The predicted molar refractivity (Wildman–Crippen MR) is 86.2 cm³/mol. The van der Waals surface area contributed by atoms with Crippen molar-refractivity contribution in [1.82, 2.24) is 4.83 Å². The van der Waals surface area contributed by atoms with Crippen molar-refractivity contribution in [2.45, 2.75) is 4.90 Å². The molecule has 0 amide bonds. The Morgan fingerprint density at radius 2 is 1.81 bits per heavy atom. The third kappa shape index (κ3) is 3.12. The minimum Gasteiger partial charge on any atom is -0.200 e. The number of fused-ring (bicyclic) bond motifs is 1. The second-order valence-corrected chi connectivity index (χ2v) is 7.02. The molecule has 1 aromatic heterocycles. The van der Waals surface area contributed by atoms with E-state index in [1.165, 1.54) is 17.6 Å². The van der Waals surface area contributed by atoms with Crippen LogP contribution < -0.4 is 4.83 Å². The number of sulfonamides is 1. The molecule has 0 fully saturated rings. The molecule has 106 valence electrons. The molecule has 0 aliphatic rings. The van der Waals surface area contributed by atoms with E-state index in [4.69, 9.17) is 0 Å². The molecule has 3 aromatic rings. The van der Waals surface area contributed by atoms with Crippen LogP contribution in [0.1, 0.15) is 4.88 Å². The summed E-state index contributed by atoms with van der Waals surface area (Å²) in [5, 5.41) is 7.57. The summed E-state index contributed by atoms with van der Waals surface area (Å²) in [7, 11) is -3.65. The molecule has 0 saturated heterocycles. The first-order chi connectivity index (χ1) is 10.1. The van der Waals surface area contributed by atoms with Crippen LogP contribution in [0.3, 0.4) is 0 Å². The Balaban J connectivity index is 1.86. The second-order valence-electron chi connectivity index (χ2n) is 4.38. The van der Waals surface area contributed by atoms with E-state index in [1.54, 1.807) is 18.2 Å². The maximum absolute atomic E-state index is 12.2. The predicted octanol–water partition coefficient (Wildman–Crippen LogP) is 3.21. The van der Waals surface area contributed by atoms with E-state index in [9.17, 15) is 8.42 Å². The SMILES string of the molecule is O=S(=O)(NN=Cc1cccs1)c1ccc2ccccc2c1. The van der Waals surface area contributed by atoms with Gasteiger partial charge in [0, 0.05) is 4.88 Å². The lowest BCUT2D eigenvalue weighted by Gasteiger charge is -2.04. The van der Waals surface area contributed by atoms with Crippen LogP contribution in [0.5, 0.6) is 0 Å². The van der Waals surface area contributed by atoms with Gasteiger partial charge in [0.15, 0.2) is 0 Å². The number of benzene rings is 2. The zero-order valence-corrected chi connectivity index (χ0v) is 12.6. The molecule has 3 rings (SSSR count). The smallest absolute Gasteiger partial charge is 0.200 e. The zero-order chi connectivity index (χ0) is 14.7. The molecule has 0 aliphatic carbocycles. The van der Waals surface area contributed by atoms with Crippen molar-refractivity contribution in [3.63, 3.8) is 0 Å². The summed E-state index contributed by atoms with van der Waals surface area (Å²) in [5.41, 5.74) is 0. The highest BCUT2D eigenvalue weighted by Crippen LogP contribution is 2.18. The number of thiophene rings is 1. The molecule has 0 atom stereocenters. The molecule has 0 aliphatic heterocycles. The van der Waals surface area contributed by atoms with E-state index in [-0.39, 0.29) is 4.90 Å². The summed E-state index contributed by atoms with van der Waals surface area (Å²) in [5.74, 6) is 0. The monoisotopic (exact) mass is 316 g/mol. The first-order valence-corrected chi connectivity index (χ1v) is 8.59. The fourth-order valence-corrected chi connectivity index (χ4v) is 3.32. The Morgan fingerprint density at radius 3 is 2.57 bits per heavy atom. The number of hydrogen-bond donors (Lipinski definition) is 1. The number of hydrazone groups is 1. The fourth-order valence-electron chi connectivity index (χ4n) is 1.91. The quantitative estimate of drug-likeness (QED) is 0.593. The standard InChI is InChI=1S/C15H12N2O2S2/c18-21(19,17-16-11-14-6-3-9-20-14)15-8-7-12-4-1-2-5-13(12)10-15/h1-11,17H. The van der Waals surface area contributed by atoms with Crippen molar-refractivity contribution >= 4 is 38.3 Å². The summed E-state index contributed by atoms with van der Waals surface area (Å²) in [4.78, 5) is 3.31. The first kappa shape index (κ1) is 13.8. The maximum Gasteiger partial charge on any atom is 0.276 e. The Kier molecular flexibility index (Phi) is 3.72. The molecule has 21 heavy (non-hydrogen) atoms. The third-order valence-electron chi connectivity index (χ3n) is 2.94. The Hall–Kier alpha value is -2.18. The Bertz CT molecular complexity index is 885. The minimum atomic E-state index is -3.65. The van der Waals surface area contributed by atoms with Crippen molar-refractivity contribution in [3.8, 4) is 0 Å². The molecule has 1 N–H and O–H groups in total. The average Bonchev–Trinajstić information content (AvgIpc) is 3.00. The van der Waals surface area contributed by atoms with Crippen LogP contribution in [0.25, 0.3) is 10.8 Å². The maximum atomic E-state index is 12.2. The lowest BCUT2D eigenvalue weighted by atomic mass is 10.1. The van der Waals surface area contributed by atoms with E-state index in [2.05, 4.69) is 9.93 Å². The minimum absolute atomic E-state index is 0.199. The average molecular weight is 316 g/mol. The van der Waals surface area contributed by atoms with Crippen molar-refractivity contribution in [1.29, 1.82) is 0 Å². The summed E-state index contributed by atoms with van der Waals surface area (Å²) < 4.78 is 24.4. The highest BCUT2D eigenvalue weighted by molar-refractivity contribution is 7.89. The van der Waals surface area contributed by atoms with Gasteiger partial charge in [0.1, 0.15) is 0 Å². The van der Waals surface area contributed by atoms with Gasteiger partial charge in [0.2, 0.25) is 0 Å². The zero-order valence-electron chi connectivity index (χ0n) is 10.9. The summed E-state index contributed by atoms with van der Waals surface area (Å²) in [6.45, 7) is 0. The molecular weight excluding hydrogens is 304 g/mol. The van der Waals surface area contributed by atoms with Crippen LogP contribution in [0.2, 0.25) is 0 Å². The molecule has 2 aromatic carbocycles. The molecule has 0 unspecified atom stereocenters. The Morgan fingerprint density at radius 1 is 1.00 bits per heavy atom. The summed E-state index contributed by atoms with van der Waals surface area (Å²) in [6.07, 6.45) is 1.49. The number of hydrogen-bond acceptors (Lipinski definition) is 4. The van der Waals surface area contributed by atoms with Crippen molar-refractivity contribution in [2.24, 2.45) is 5.10 Å². The van der Waals surface area contributed by atoms with Crippen LogP contribution >= 0.6 is 11.3 Å². The molecule has 0 radical (unpaired) electrons. The van der Waals surface area contributed by atoms with Gasteiger partial charge in [0.25, 0.3) is 10.0 Å². The van der Waals surface area contributed by atoms with Crippen LogP contribution in [0, 0.1) is 0 Å². The molecule has 1 heterocycles. The molecule has 0 bridgehead atoms. The normalized spacial score (nSPS) is 12.0. The first-order valence-electron chi connectivity index (χ1n) is 6.22. The van der Waals surface area contributed by atoms with Crippen LogP contribution in [0.4, 0.5) is 0 Å². The largest absolute Gasteiger partial charge is 0.276 e. The van der Waals surface area contributed by atoms with Crippen molar-refractivity contribution in [3.05, 3.63) is 64.9 Å². The van der Waals surface area contributed by atoms with Crippen molar-refractivity contribution in [2.75, 3.05) is 0 Å². The molecule has 6 heteroatoms. The lowest BCUT2D eigenvalue weighted by Crippen LogP contribution is -2.18. The molecule has 0 spiro atoms. The van der Waals surface area contributed by atoms with E-state index in [0.29, 0.717) is 0 Å². The van der Waals surface area contributed by atoms with Gasteiger partial charge in [-0.15, -0.1) is 11.3 Å².